The summed E-state index contributed by atoms with van der Waals surface area (Å²) in [4.78, 5) is 14.3. The van der Waals surface area contributed by atoms with E-state index in [4.69, 9.17) is 14.2 Å². The molecule has 0 bridgehead atoms. The van der Waals surface area contributed by atoms with E-state index in [2.05, 4.69) is 6.92 Å². The molecular weight excluding hydrogens is 282 g/mol. The molecule has 1 aliphatic carbocycles. The van der Waals surface area contributed by atoms with Crippen molar-refractivity contribution in [2.75, 3.05) is 26.9 Å². The first kappa shape index (κ1) is 15.2. The summed E-state index contributed by atoms with van der Waals surface area (Å²) in [7, 11) is 1.56. The van der Waals surface area contributed by atoms with Crippen LogP contribution in [-0.4, -0.2) is 43.8 Å². The number of hydrogen-bond acceptors (Lipinski definition) is 4. The number of fused-ring (bicyclic) bond motifs is 1. The van der Waals surface area contributed by atoms with Gasteiger partial charge in [0.15, 0.2) is 11.5 Å². The lowest BCUT2D eigenvalue weighted by molar-refractivity contribution is -0.138. The second-order valence-electron chi connectivity index (χ2n) is 5.90. The largest absolute Gasteiger partial charge is 0.490 e. The molecule has 1 atom stereocenters. The maximum Gasteiger partial charge on any atom is 0.249 e. The lowest BCUT2D eigenvalue weighted by Gasteiger charge is -2.30. The molecular formula is C17H23NO4. The molecule has 0 spiro atoms. The second-order valence-corrected chi connectivity index (χ2v) is 5.90. The molecule has 3 rings (SSSR count). The van der Waals surface area contributed by atoms with E-state index in [9.17, 15) is 4.79 Å². The SMILES string of the molecule is COCC(=O)N(C1CC1)[C@H](C)c1ccc2c(c1)OCCCO2. The Bertz CT molecular complexity index is 541. The molecule has 1 amide bonds. The summed E-state index contributed by atoms with van der Waals surface area (Å²) < 4.78 is 16.4. The topological polar surface area (TPSA) is 48.0 Å². The van der Waals surface area contributed by atoms with Crippen LogP contribution in [0.25, 0.3) is 0 Å². The van der Waals surface area contributed by atoms with Gasteiger partial charge in [0, 0.05) is 19.6 Å². The summed E-state index contributed by atoms with van der Waals surface area (Å²) in [6.07, 6.45) is 3.04. The average molecular weight is 305 g/mol. The Balaban J connectivity index is 1.82. The van der Waals surface area contributed by atoms with Crippen molar-refractivity contribution in [3.63, 3.8) is 0 Å². The van der Waals surface area contributed by atoms with Crippen molar-refractivity contribution in [3.8, 4) is 11.5 Å². The summed E-state index contributed by atoms with van der Waals surface area (Å²) in [6, 6.07) is 6.31. The highest BCUT2D eigenvalue weighted by Crippen LogP contribution is 2.38. The first-order valence-corrected chi connectivity index (χ1v) is 7.90. The fourth-order valence-electron chi connectivity index (χ4n) is 2.89. The average Bonchev–Trinajstić information content (AvgIpc) is 3.33. The first-order chi connectivity index (χ1) is 10.7. The standard InChI is InChI=1S/C17H23NO4/c1-12(18(14-5-6-14)17(19)11-20-2)13-4-7-15-16(10-13)22-9-3-8-21-15/h4,7,10,12,14H,3,5-6,8-9,11H2,1-2H3/t12-/m1/s1. The van der Waals surface area contributed by atoms with Crippen molar-refractivity contribution in [1.82, 2.24) is 4.90 Å². The summed E-state index contributed by atoms with van der Waals surface area (Å²) in [5, 5.41) is 0. The molecule has 1 aromatic carbocycles. The molecule has 120 valence electrons. The number of ether oxygens (including phenoxy) is 3. The van der Waals surface area contributed by atoms with Crippen LogP contribution in [0.3, 0.4) is 0 Å². The lowest BCUT2D eigenvalue weighted by atomic mass is 10.1. The van der Waals surface area contributed by atoms with Gasteiger partial charge in [0.05, 0.1) is 19.3 Å². The van der Waals surface area contributed by atoms with Gasteiger partial charge in [0.2, 0.25) is 5.91 Å². The normalized spacial score (nSPS) is 18.5. The number of amides is 1. The van der Waals surface area contributed by atoms with E-state index in [0.29, 0.717) is 19.3 Å². The molecule has 2 aliphatic rings. The summed E-state index contributed by atoms with van der Waals surface area (Å²) >= 11 is 0. The van der Waals surface area contributed by atoms with E-state index in [1.165, 1.54) is 0 Å². The maximum absolute atomic E-state index is 12.3. The Morgan fingerprint density at radius 2 is 2.05 bits per heavy atom. The Labute approximate surface area is 131 Å². The second kappa shape index (κ2) is 6.57. The summed E-state index contributed by atoms with van der Waals surface area (Å²) in [5.74, 6) is 1.61. The van der Waals surface area contributed by atoms with E-state index >= 15 is 0 Å². The van der Waals surface area contributed by atoms with Crippen LogP contribution in [0.2, 0.25) is 0 Å². The molecule has 5 nitrogen and oxygen atoms in total. The van der Waals surface area contributed by atoms with Gasteiger partial charge in [-0.15, -0.1) is 0 Å². The van der Waals surface area contributed by atoms with Gasteiger partial charge in [-0.3, -0.25) is 4.79 Å². The summed E-state index contributed by atoms with van der Waals surface area (Å²) in [5.41, 5.74) is 1.07. The number of carbonyl (C=O) groups excluding carboxylic acids is 1. The van der Waals surface area contributed by atoms with E-state index in [-0.39, 0.29) is 18.6 Å². The van der Waals surface area contributed by atoms with Gasteiger partial charge in [0.1, 0.15) is 6.61 Å². The van der Waals surface area contributed by atoms with E-state index in [1.807, 2.05) is 23.1 Å². The van der Waals surface area contributed by atoms with Gasteiger partial charge in [0.25, 0.3) is 0 Å². The van der Waals surface area contributed by atoms with E-state index in [1.54, 1.807) is 7.11 Å². The lowest BCUT2D eigenvalue weighted by Crippen LogP contribution is -2.37. The van der Waals surface area contributed by atoms with Crippen LogP contribution in [0.1, 0.15) is 37.8 Å². The summed E-state index contributed by atoms with van der Waals surface area (Å²) in [6.45, 7) is 3.54. The van der Waals surface area contributed by atoms with E-state index < -0.39 is 0 Å². The molecule has 1 heterocycles. The third-order valence-electron chi connectivity index (χ3n) is 4.17. The van der Waals surface area contributed by atoms with Crippen molar-refractivity contribution in [2.45, 2.75) is 38.3 Å². The molecule has 1 aromatic rings. The Hall–Kier alpha value is -1.75. The van der Waals surface area contributed by atoms with Crippen LogP contribution in [0.5, 0.6) is 11.5 Å². The highest BCUT2D eigenvalue weighted by atomic mass is 16.5. The number of hydrogen-bond donors (Lipinski definition) is 0. The quantitative estimate of drug-likeness (QED) is 0.839. The molecule has 0 N–H and O–H groups in total. The highest BCUT2D eigenvalue weighted by Gasteiger charge is 2.36. The third-order valence-corrected chi connectivity index (χ3v) is 4.17. The monoisotopic (exact) mass is 305 g/mol. The number of carbonyl (C=O) groups is 1. The van der Waals surface area contributed by atoms with Crippen LogP contribution in [0, 0.1) is 0 Å². The Kier molecular flexibility index (Phi) is 4.52. The minimum Gasteiger partial charge on any atom is -0.490 e. The fourth-order valence-corrected chi connectivity index (χ4v) is 2.89. The van der Waals surface area contributed by atoms with Gasteiger partial charge >= 0.3 is 0 Å². The molecule has 0 saturated heterocycles. The van der Waals surface area contributed by atoms with Crippen molar-refractivity contribution < 1.29 is 19.0 Å². The fraction of sp³-hybridized carbons (Fsp3) is 0.588. The minimum absolute atomic E-state index is 0.00676. The van der Waals surface area contributed by atoms with Crippen LogP contribution in [-0.2, 0) is 9.53 Å². The van der Waals surface area contributed by atoms with Crippen LogP contribution in [0.4, 0.5) is 0 Å². The number of nitrogens with zero attached hydrogens (tertiary/aromatic N) is 1. The van der Waals surface area contributed by atoms with Crippen LogP contribution in [0.15, 0.2) is 18.2 Å². The molecule has 0 aromatic heterocycles. The van der Waals surface area contributed by atoms with Crippen molar-refractivity contribution in [3.05, 3.63) is 23.8 Å². The van der Waals surface area contributed by atoms with Gasteiger partial charge in [-0.1, -0.05) is 6.07 Å². The Morgan fingerprint density at radius 1 is 1.32 bits per heavy atom. The zero-order valence-corrected chi connectivity index (χ0v) is 13.2. The van der Waals surface area contributed by atoms with Crippen molar-refractivity contribution in [1.29, 1.82) is 0 Å². The zero-order chi connectivity index (χ0) is 15.5. The molecule has 22 heavy (non-hydrogen) atoms. The van der Waals surface area contributed by atoms with Crippen LogP contribution < -0.4 is 9.47 Å². The van der Waals surface area contributed by atoms with Gasteiger partial charge in [-0.2, -0.15) is 0 Å². The predicted octanol–water partition coefficient (Wildman–Crippen LogP) is 2.55. The van der Waals surface area contributed by atoms with Crippen molar-refractivity contribution in [2.24, 2.45) is 0 Å². The molecule has 1 aliphatic heterocycles. The molecule has 0 unspecified atom stereocenters. The molecule has 1 saturated carbocycles. The molecule has 0 radical (unpaired) electrons. The first-order valence-electron chi connectivity index (χ1n) is 7.90. The molecule has 1 fully saturated rings. The predicted molar refractivity (Wildman–Crippen MR) is 82.2 cm³/mol. The smallest absolute Gasteiger partial charge is 0.249 e. The van der Waals surface area contributed by atoms with Gasteiger partial charge < -0.3 is 19.1 Å². The van der Waals surface area contributed by atoms with Gasteiger partial charge in [-0.25, -0.2) is 0 Å². The zero-order valence-electron chi connectivity index (χ0n) is 13.2. The third kappa shape index (κ3) is 3.19. The minimum atomic E-state index is 0.00676. The number of benzene rings is 1. The molecule has 5 heteroatoms. The van der Waals surface area contributed by atoms with Crippen LogP contribution >= 0.6 is 0 Å². The maximum atomic E-state index is 12.3. The Morgan fingerprint density at radius 3 is 2.73 bits per heavy atom. The highest BCUT2D eigenvalue weighted by molar-refractivity contribution is 5.78. The number of rotatable bonds is 5. The van der Waals surface area contributed by atoms with Crippen molar-refractivity contribution >= 4 is 5.91 Å². The van der Waals surface area contributed by atoms with E-state index in [0.717, 1.165) is 36.3 Å². The number of methoxy groups -OCH3 is 1. The van der Waals surface area contributed by atoms with Gasteiger partial charge in [-0.05, 0) is 37.5 Å².